The van der Waals surface area contributed by atoms with Gasteiger partial charge in [-0.3, -0.25) is 9.69 Å². The van der Waals surface area contributed by atoms with E-state index in [0.29, 0.717) is 30.0 Å². The lowest BCUT2D eigenvalue weighted by atomic mass is 9.95. The Bertz CT molecular complexity index is 1520. The fraction of sp³-hybridized carbons (Fsp3) is 0.485. The van der Waals surface area contributed by atoms with Crippen molar-refractivity contribution >= 4 is 27.8 Å². The van der Waals surface area contributed by atoms with E-state index in [4.69, 9.17) is 13.9 Å². The van der Waals surface area contributed by atoms with E-state index in [1.54, 1.807) is 13.4 Å². The van der Waals surface area contributed by atoms with Crippen LogP contribution in [-0.4, -0.2) is 83.8 Å². The number of aromatic amines is 1. The van der Waals surface area contributed by atoms with Crippen LogP contribution < -0.4 is 14.8 Å². The largest absolute Gasteiger partial charge is 0.497 e. The molecule has 0 spiro atoms. The molecule has 9 heteroatoms. The number of carbonyl (C=O) groups excluding carboxylic acids is 1. The molecule has 2 aromatic heterocycles. The summed E-state index contributed by atoms with van der Waals surface area (Å²) in [4.78, 5) is 21.5. The maximum absolute atomic E-state index is 13.2. The lowest BCUT2D eigenvalue weighted by molar-refractivity contribution is 0.0115. The summed E-state index contributed by atoms with van der Waals surface area (Å²) in [6, 6.07) is 14.1. The van der Waals surface area contributed by atoms with Gasteiger partial charge in [-0.25, -0.2) is 0 Å². The number of hydrogen-bond donors (Lipinski definition) is 3. The van der Waals surface area contributed by atoms with Crippen LogP contribution in [0.15, 0.2) is 53.1 Å². The molecule has 4 heterocycles. The van der Waals surface area contributed by atoms with Gasteiger partial charge in [-0.05, 0) is 62.4 Å². The van der Waals surface area contributed by atoms with Crippen molar-refractivity contribution in [1.29, 1.82) is 0 Å². The van der Waals surface area contributed by atoms with Crippen molar-refractivity contribution < 1.29 is 23.8 Å². The van der Waals surface area contributed by atoms with Crippen molar-refractivity contribution in [1.82, 2.24) is 20.1 Å². The number of carbonyl (C=O) groups is 1. The molecule has 0 saturated carbocycles. The Hall–Kier alpha value is -3.53. The van der Waals surface area contributed by atoms with Crippen molar-refractivity contribution in [3.8, 4) is 11.5 Å². The SMILES string of the molecule is COc1ccc2c(COc3cccc4[nH]c(C(=O)NC5CCN(CC(C)N6CC[C@H](O)[C@@H](C)C6)CC5)cc34)coc2c1. The molecule has 42 heavy (non-hydrogen) atoms. The molecule has 2 saturated heterocycles. The molecule has 2 aliphatic heterocycles. The number of aliphatic hydroxyl groups is 1. The predicted molar refractivity (Wildman–Crippen MR) is 163 cm³/mol. The van der Waals surface area contributed by atoms with E-state index in [9.17, 15) is 9.90 Å². The monoisotopic (exact) mass is 574 g/mol. The van der Waals surface area contributed by atoms with Crippen molar-refractivity contribution in [3.63, 3.8) is 0 Å². The fourth-order valence-corrected chi connectivity index (χ4v) is 6.41. The van der Waals surface area contributed by atoms with E-state index in [-0.39, 0.29) is 18.1 Å². The number of nitrogens with one attached hydrogen (secondary N) is 2. The number of ether oxygens (including phenoxy) is 2. The molecule has 9 nitrogen and oxygen atoms in total. The number of benzene rings is 2. The summed E-state index contributed by atoms with van der Waals surface area (Å²) in [5.74, 6) is 1.71. The molecule has 3 atom stereocenters. The Morgan fingerprint density at radius 2 is 1.98 bits per heavy atom. The van der Waals surface area contributed by atoms with Crippen LogP contribution in [0.1, 0.15) is 49.2 Å². The zero-order valence-corrected chi connectivity index (χ0v) is 24.8. The number of H-pyrrole nitrogens is 1. The maximum atomic E-state index is 13.2. The van der Waals surface area contributed by atoms with Crippen LogP contribution in [0.2, 0.25) is 0 Å². The number of amides is 1. The molecule has 1 amide bonds. The summed E-state index contributed by atoms with van der Waals surface area (Å²) in [6.45, 7) is 9.68. The lowest BCUT2D eigenvalue weighted by Crippen LogP contribution is -2.52. The average molecular weight is 575 g/mol. The summed E-state index contributed by atoms with van der Waals surface area (Å²) in [5, 5.41) is 15.2. The van der Waals surface area contributed by atoms with Gasteiger partial charge in [0.25, 0.3) is 5.91 Å². The Labute approximate surface area is 246 Å². The first kappa shape index (κ1) is 28.6. The first-order valence-electron chi connectivity index (χ1n) is 15.1. The summed E-state index contributed by atoms with van der Waals surface area (Å²) in [7, 11) is 1.63. The number of rotatable bonds is 9. The highest BCUT2D eigenvalue weighted by Crippen LogP contribution is 2.30. The Morgan fingerprint density at radius 3 is 2.76 bits per heavy atom. The van der Waals surface area contributed by atoms with Gasteiger partial charge < -0.3 is 34.2 Å². The summed E-state index contributed by atoms with van der Waals surface area (Å²) in [5.41, 5.74) is 3.11. The van der Waals surface area contributed by atoms with Gasteiger partial charge in [0, 0.05) is 72.7 Å². The summed E-state index contributed by atoms with van der Waals surface area (Å²) >= 11 is 0. The fourth-order valence-electron chi connectivity index (χ4n) is 6.41. The van der Waals surface area contributed by atoms with E-state index in [1.807, 2.05) is 42.5 Å². The van der Waals surface area contributed by atoms with Gasteiger partial charge in [0.05, 0.1) is 19.5 Å². The minimum absolute atomic E-state index is 0.0837. The van der Waals surface area contributed by atoms with Gasteiger partial charge in [0.15, 0.2) is 0 Å². The summed E-state index contributed by atoms with van der Waals surface area (Å²) < 4.78 is 17.2. The molecular weight excluding hydrogens is 532 g/mol. The highest BCUT2D eigenvalue weighted by atomic mass is 16.5. The predicted octanol–water partition coefficient (Wildman–Crippen LogP) is 4.79. The van der Waals surface area contributed by atoms with Crippen LogP contribution in [0.4, 0.5) is 0 Å². The van der Waals surface area contributed by atoms with Crippen LogP contribution >= 0.6 is 0 Å². The topological polar surface area (TPSA) is 103 Å². The standard InChI is InChI=1S/C33H42N4O5/c1-21-17-37(14-11-30(21)38)22(2)18-36-12-9-24(10-13-36)34-33(39)29-16-27-28(35-29)5-4-6-31(27)41-19-23-20-42-32-15-25(40-3)7-8-26(23)32/h4-8,15-16,20-22,24,30,35,38H,9-14,17-19H2,1-3H3,(H,34,39)/t21-,22?,30-/m0/s1. The van der Waals surface area contributed by atoms with Crippen LogP contribution in [0.25, 0.3) is 21.9 Å². The highest BCUT2D eigenvalue weighted by Gasteiger charge is 2.29. The Kier molecular flexibility index (Phi) is 8.42. The normalized spacial score (nSPS) is 21.5. The first-order chi connectivity index (χ1) is 20.4. The number of hydrogen-bond acceptors (Lipinski definition) is 7. The number of aromatic nitrogens is 1. The molecule has 1 unspecified atom stereocenters. The van der Waals surface area contributed by atoms with E-state index >= 15 is 0 Å². The first-order valence-corrected chi connectivity index (χ1v) is 15.1. The molecule has 2 fully saturated rings. The number of nitrogens with zero attached hydrogens (tertiary/aromatic N) is 2. The molecule has 3 N–H and O–H groups in total. The zero-order valence-electron chi connectivity index (χ0n) is 24.8. The molecule has 0 radical (unpaired) electrons. The maximum Gasteiger partial charge on any atom is 0.267 e. The van der Waals surface area contributed by atoms with E-state index in [2.05, 4.69) is 33.9 Å². The molecular formula is C33H42N4O5. The molecule has 0 bridgehead atoms. The third kappa shape index (κ3) is 6.14. The second-order valence-electron chi connectivity index (χ2n) is 12.0. The Balaban J connectivity index is 1.03. The number of methoxy groups -OCH3 is 1. The van der Waals surface area contributed by atoms with Crippen LogP contribution in [-0.2, 0) is 6.61 Å². The van der Waals surface area contributed by atoms with Gasteiger partial charge in [-0.1, -0.05) is 13.0 Å². The van der Waals surface area contributed by atoms with Gasteiger partial charge in [0.1, 0.15) is 29.4 Å². The Morgan fingerprint density at radius 1 is 1.14 bits per heavy atom. The van der Waals surface area contributed by atoms with Crippen molar-refractivity contribution in [3.05, 3.63) is 60.0 Å². The van der Waals surface area contributed by atoms with Crippen molar-refractivity contribution in [2.24, 2.45) is 5.92 Å². The van der Waals surface area contributed by atoms with Crippen LogP contribution in [0, 0.1) is 5.92 Å². The van der Waals surface area contributed by atoms with Gasteiger partial charge >= 0.3 is 0 Å². The second-order valence-corrected chi connectivity index (χ2v) is 12.0. The molecule has 6 rings (SSSR count). The zero-order chi connectivity index (χ0) is 29.2. The smallest absolute Gasteiger partial charge is 0.267 e. The quantitative estimate of drug-likeness (QED) is 0.264. The van der Waals surface area contributed by atoms with Crippen LogP contribution in [0.5, 0.6) is 11.5 Å². The number of furan rings is 1. The molecule has 2 aliphatic rings. The molecule has 2 aromatic carbocycles. The molecule has 224 valence electrons. The number of fused-ring (bicyclic) bond motifs is 2. The van der Waals surface area contributed by atoms with Crippen LogP contribution in [0.3, 0.4) is 0 Å². The minimum Gasteiger partial charge on any atom is -0.497 e. The number of likely N-dealkylation sites (tertiary alicyclic amines) is 2. The minimum atomic E-state index is -0.169. The van der Waals surface area contributed by atoms with Gasteiger partial charge in [0.2, 0.25) is 0 Å². The van der Waals surface area contributed by atoms with Gasteiger partial charge in [-0.15, -0.1) is 0 Å². The number of aliphatic hydroxyl groups excluding tert-OH is 1. The third-order valence-corrected chi connectivity index (χ3v) is 9.07. The third-order valence-electron chi connectivity index (χ3n) is 9.07. The van der Waals surface area contributed by atoms with Crippen molar-refractivity contribution in [2.75, 3.05) is 39.8 Å². The van der Waals surface area contributed by atoms with E-state index < -0.39 is 0 Å². The molecule has 0 aliphatic carbocycles. The van der Waals surface area contributed by atoms with Gasteiger partial charge in [-0.2, -0.15) is 0 Å². The second kappa shape index (κ2) is 12.4. The summed E-state index contributed by atoms with van der Waals surface area (Å²) in [6.07, 6.45) is 4.28. The average Bonchev–Trinajstić information content (AvgIpc) is 3.63. The van der Waals surface area contributed by atoms with Crippen molar-refractivity contribution in [2.45, 2.75) is 57.9 Å². The molecule has 4 aromatic rings. The number of piperidine rings is 2. The van der Waals surface area contributed by atoms with E-state index in [1.165, 1.54) is 0 Å². The van der Waals surface area contributed by atoms with E-state index in [0.717, 1.165) is 85.2 Å². The highest BCUT2D eigenvalue weighted by molar-refractivity contribution is 5.99. The lowest BCUT2D eigenvalue weighted by Gasteiger charge is -2.41.